The van der Waals surface area contributed by atoms with Crippen molar-refractivity contribution in [3.05, 3.63) is 399 Å². The molecule has 10 heterocycles. The lowest BCUT2D eigenvalue weighted by atomic mass is 10.1. The molecule has 0 spiro atoms. The fourth-order valence-electron chi connectivity index (χ4n) is 14.4. The maximum absolute atomic E-state index is 13.7. The van der Waals surface area contributed by atoms with E-state index in [1.807, 2.05) is 84.9 Å². The molecule has 23 nitrogen and oxygen atoms in total. The zero-order valence-electron chi connectivity index (χ0n) is 72.7. The third-order valence-corrected chi connectivity index (χ3v) is 25.3. The van der Waals surface area contributed by atoms with Crippen LogP contribution in [0.2, 0.25) is 9.36 Å². The highest BCUT2D eigenvalue weighted by Gasteiger charge is 2.35. The van der Waals surface area contributed by atoms with E-state index in [9.17, 15) is 94.2 Å². The molecular formula is C98H65Cl2F16N17O6S4. The van der Waals surface area contributed by atoms with Crippen LogP contribution in [0.4, 0.5) is 99.3 Å². The summed E-state index contributed by atoms with van der Waals surface area (Å²) in [5.74, 6) is -1.11. The van der Waals surface area contributed by atoms with Crippen LogP contribution in [-0.4, -0.2) is 87.8 Å². The number of fused-ring (bicyclic) bond motifs is 5. The van der Waals surface area contributed by atoms with Gasteiger partial charge in [0.2, 0.25) is 5.76 Å². The van der Waals surface area contributed by atoms with Gasteiger partial charge in [-0.25, -0.2) is 9.37 Å². The van der Waals surface area contributed by atoms with Gasteiger partial charge in [0.25, 0.3) is 29.5 Å². The van der Waals surface area contributed by atoms with Gasteiger partial charge in [-0.15, -0.1) is 34.0 Å². The summed E-state index contributed by atoms with van der Waals surface area (Å²) < 4.78 is 222. The number of halogens is 18. The Labute approximate surface area is 822 Å². The van der Waals surface area contributed by atoms with Crippen molar-refractivity contribution in [2.24, 2.45) is 0 Å². The lowest BCUT2D eigenvalue weighted by molar-refractivity contribution is -0.138. The van der Waals surface area contributed by atoms with Crippen LogP contribution < -0.4 is 26.6 Å². The van der Waals surface area contributed by atoms with E-state index in [0.29, 0.717) is 92.9 Å². The summed E-state index contributed by atoms with van der Waals surface area (Å²) in [5, 5.41) is 46.2. The number of benzene rings is 10. The minimum atomic E-state index is -4.40. The van der Waals surface area contributed by atoms with E-state index >= 15 is 0 Å². The minimum Gasteiger partial charge on any atom is -0.438 e. The number of para-hydroxylation sites is 5. The van der Waals surface area contributed by atoms with Gasteiger partial charge >= 0.3 is 30.9 Å². The number of rotatable bonds is 20. The van der Waals surface area contributed by atoms with Crippen molar-refractivity contribution in [3.63, 3.8) is 0 Å². The second-order valence-electron chi connectivity index (χ2n) is 30.9. The number of nitrogens with zero attached hydrogens (tertiary/aromatic N) is 12. The van der Waals surface area contributed by atoms with E-state index in [4.69, 9.17) is 27.6 Å². The second-order valence-corrected chi connectivity index (χ2v) is 35.3. The number of thiophene rings is 3. The summed E-state index contributed by atoms with van der Waals surface area (Å²) in [6.07, 6.45) is -19.5. The lowest BCUT2D eigenvalue weighted by Gasteiger charge is -2.08. The molecule has 143 heavy (non-hydrogen) atoms. The molecule has 0 aliphatic heterocycles. The first-order valence-corrected chi connectivity index (χ1v) is 46.2. The number of alkyl halides is 15. The van der Waals surface area contributed by atoms with Gasteiger partial charge in [-0.1, -0.05) is 145 Å². The largest absolute Gasteiger partial charge is 0.438 e. The molecule has 0 saturated heterocycles. The molecular weight excluding hydrogens is 2010 g/mol. The molecule has 0 fully saturated rings. The lowest BCUT2D eigenvalue weighted by Crippen LogP contribution is -2.13. The topological polar surface area (TPSA) is 274 Å². The highest BCUT2D eigenvalue weighted by Crippen LogP contribution is 2.39. The molecule has 45 heteroatoms. The monoisotopic (exact) mass is 2080 g/mol. The number of aromatic nitrogens is 12. The number of carbonyl (C=O) groups is 5. The number of carbonyl (C=O) groups excluding carboxylic acids is 5. The molecule has 20 rings (SSSR count). The first-order chi connectivity index (χ1) is 68.3. The summed E-state index contributed by atoms with van der Waals surface area (Å²) >= 11 is 16.7. The molecule has 0 atom stereocenters. The molecule has 0 aliphatic rings. The Balaban J connectivity index is 0.000000128. The van der Waals surface area contributed by atoms with Crippen LogP contribution in [0, 0.1) is 5.82 Å². The highest BCUT2D eigenvalue weighted by atomic mass is 35.5. The van der Waals surface area contributed by atoms with Crippen molar-refractivity contribution in [2.75, 3.05) is 26.6 Å². The number of anilines is 5. The predicted octanol–water partition coefficient (Wildman–Crippen LogP) is 26.9. The average Bonchev–Trinajstić information content (AvgIpc) is 1.66. The Morgan fingerprint density at radius 2 is 0.601 bits per heavy atom. The van der Waals surface area contributed by atoms with E-state index in [1.165, 1.54) is 113 Å². The number of hydrogen-bond donors (Lipinski definition) is 5. The smallest absolute Gasteiger partial charge is 0.416 e. The first kappa shape index (κ1) is 100. The Bertz CT molecular complexity index is 7310. The van der Waals surface area contributed by atoms with Crippen LogP contribution in [0.15, 0.2) is 305 Å². The molecule has 0 bridgehead atoms. The van der Waals surface area contributed by atoms with Crippen molar-refractivity contribution >= 4 is 182 Å². The van der Waals surface area contributed by atoms with Gasteiger partial charge in [-0.05, 0) is 201 Å². The normalized spacial score (nSPS) is 11.7. The van der Waals surface area contributed by atoms with Crippen LogP contribution in [-0.2, 0) is 63.6 Å². The van der Waals surface area contributed by atoms with Crippen molar-refractivity contribution in [3.8, 4) is 0 Å². The zero-order chi connectivity index (χ0) is 101. The Hall–Kier alpha value is -15.7. The summed E-state index contributed by atoms with van der Waals surface area (Å²) in [6, 6.07) is 66.8. The zero-order valence-corrected chi connectivity index (χ0v) is 77.4. The van der Waals surface area contributed by atoms with Crippen molar-refractivity contribution in [2.45, 2.75) is 63.6 Å². The summed E-state index contributed by atoms with van der Waals surface area (Å²) in [5.41, 5.74) is 4.05. The fourth-order valence-corrected chi connectivity index (χ4v) is 17.6. The van der Waals surface area contributed by atoms with Crippen LogP contribution in [0.25, 0.3) is 54.5 Å². The molecule has 20 aromatic rings. The molecule has 5 N–H and O–H groups in total. The maximum Gasteiger partial charge on any atom is 0.416 e. The van der Waals surface area contributed by atoms with Gasteiger partial charge in [-0.3, -0.25) is 47.4 Å². The van der Waals surface area contributed by atoms with E-state index in [-0.39, 0.29) is 66.9 Å². The third kappa shape index (κ3) is 24.3. The number of nitrogens with one attached hydrogen (secondary N) is 5. The second kappa shape index (κ2) is 42.8. The van der Waals surface area contributed by atoms with Gasteiger partial charge in [0.1, 0.15) is 25.6 Å². The fraction of sp³-hybridized carbons (Fsp3) is 0.102. The molecule has 0 aliphatic carbocycles. The molecule has 728 valence electrons. The number of oxazole rings is 1. The molecule has 5 amide bonds. The molecule has 10 aromatic heterocycles. The Morgan fingerprint density at radius 3 is 0.867 bits per heavy atom. The number of hydrogen-bond acceptors (Lipinski definition) is 17. The van der Waals surface area contributed by atoms with Crippen LogP contribution >= 0.6 is 68.7 Å². The quantitative estimate of drug-likeness (QED) is 0.0445. The summed E-state index contributed by atoms with van der Waals surface area (Å²) in [6.45, 7) is 1.24. The van der Waals surface area contributed by atoms with Gasteiger partial charge in [0.05, 0.1) is 105 Å². The SMILES string of the molecule is O=C(Nc1nn(Cc2ccc(C(F)(F)F)cc2)c2ccccc12)c1ccsc1Cl.O=C(Nc1nn(Cc2ccc(C(F)(F)F)cc2)c2ccccc12)c1ccsn1.O=C(Nc1nn(Cc2ccc(C(F)(F)F)cc2)c2ccccc12)c1cnco1.O=C(Nc1nn(Cc2ccc(C(F)(F)F)cc2)c2ccccc12)c1sccc1Cl.O=C(Nc1nn(Cc2ccc(C(F)(F)F)cc2)c2ccccc12)c1sccc1F. The van der Waals surface area contributed by atoms with Gasteiger partial charge in [0, 0.05) is 32.3 Å². The molecule has 10 aromatic carbocycles. The van der Waals surface area contributed by atoms with Crippen molar-refractivity contribution < 1.29 is 98.6 Å². The summed E-state index contributed by atoms with van der Waals surface area (Å²) in [4.78, 5) is 65.9. The maximum atomic E-state index is 13.7. The molecule has 0 radical (unpaired) electrons. The van der Waals surface area contributed by atoms with E-state index in [2.05, 4.69) is 61.4 Å². The standard InChI is InChI=1S/2C20H13ClF3N3OS.C20H13F4N3OS.C19H13F3N4O2.C19H13F3N4OS/c21-15-9-10-29-17(15)19(28)25-18-14-3-1-2-4-16(14)27(26-18)11-12-5-7-13(8-6-12)20(22,23)24;21-17-15(9-10-29-17)19(28)25-18-14-3-1-2-4-16(14)27(26-18)11-12-5-7-13(8-6-12)20(22,23)24;21-15-9-10-29-17(15)19(28)25-18-14-3-1-2-4-16(14)27(26-18)11-12-5-7-13(8-6-12)20(22,23)24;20-19(21,22)13-7-5-12(6-8-13)10-26-15-4-2-1-3-14(15)17(25-26)24-18(27)16-9-23-11-28-16;20-19(21,22)13-7-5-12(6-8-13)11-26-16-4-2-1-3-14(16)17(24-26)23-18(27)15-9-10-28-25-15/h3*1-10H,11H2,(H,25,26,28);1-9,11H,10H2,(H,24,25,27);1-10H,11H2,(H,23,24,27). The van der Waals surface area contributed by atoms with Crippen molar-refractivity contribution in [1.82, 2.24) is 58.3 Å². The summed E-state index contributed by atoms with van der Waals surface area (Å²) in [7, 11) is 0. The van der Waals surface area contributed by atoms with Gasteiger partial charge in [0.15, 0.2) is 35.5 Å². The van der Waals surface area contributed by atoms with Crippen LogP contribution in [0.1, 0.15) is 106 Å². The average molecular weight is 2080 g/mol. The van der Waals surface area contributed by atoms with Gasteiger partial charge in [-0.2, -0.15) is 95.7 Å². The highest BCUT2D eigenvalue weighted by molar-refractivity contribution is 7.15. The van der Waals surface area contributed by atoms with Gasteiger partial charge < -0.3 is 31.0 Å². The first-order valence-electron chi connectivity index (χ1n) is 41.9. The predicted molar refractivity (Wildman–Crippen MR) is 513 cm³/mol. The molecule has 0 unspecified atom stereocenters. The van der Waals surface area contributed by atoms with E-state index in [1.54, 1.807) is 94.1 Å². The molecule has 0 saturated carbocycles. The Morgan fingerprint density at radius 1 is 0.315 bits per heavy atom. The van der Waals surface area contributed by atoms with Crippen LogP contribution in [0.3, 0.4) is 0 Å². The van der Waals surface area contributed by atoms with E-state index < -0.39 is 76.3 Å². The Kier molecular flexibility index (Phi) is 30.0. The number of amides is 5. The minimum absolute atomic E-state index is 0.0429. The van der Waals surface area contributed by atoms with Crippen LogP contribution in [0.5, 0.6) is 0 Å². The van der Waals surface area contributed by atoms with Crippen molar-refractivity contribution in [1.29, 1.82) is 0 Å². The third-order valence-electron chi connectivity index (χ3n) is 21.4. The van der Waals surface area contributed by atoms with E-state index in [0.717, 1.165) is 117 Å².